The predicted octanol–water partition coefficient (Wildman–Crippen LogP) is -1.22. The molecule has 0 aromatic carbocycles. The first kappa shape index (κ1) is 76.2. The topological polar surface area (TPSA) is 477 Å². The minimum Gasteiger partial charge on any atom is -0.481 e. The van der Waals surface area contributed by atoms with E-state index in [-0.39, 0.29) is 96.5 Å². The van der Waals surface area contributed by atoms with Gasteiger partial charge in [-0.2, -0.15) is 0 Å². The highest BCUT2D eigenvalue weighted by Crippen LogP contribution is 2.14. The zero-order valence-electron chi connectivity index (χ0n) is 48.2. The van der Waals surface area contributed by atoms with Gasteiger partial charge in [-0.1, -0.05) is 77.0 Å². The molecule has 0 spiro atoms. The summed E-state index contributed by atoms with van der Waals surface area (Å²) in [6.07, 6.45) is 14.9. The van der Waals surface area contributed by atoms with Gasteiger partial charge in [0, 0.05) is 45.8 Å². The number of hydrogen-bond donors (Lipinski definition) is 16. The van der Waals surface area contributed by atoms with Crippen LogP contribution in [0, 0.1) is 5.41 Å². The molecule has 0 aromatic rings. The summed E-state index contributed by atoms with van der Waals surface area (Å²) in [4.78, 5) is 137. The van der Waals surface area contributed by atoms with Crippen LogP contribution in [-0.2, 0) is 62.2 Å². The van der Waals surface area contributed by atoms with Crippen molar-refractivity contribution >= 4 is 71.2 Å². The number of aliphatic hydroxyl groups is 2. The van der Waals surface area contributed by atoms with Gasteiger partial charge in [0.15, 0.2) is 5.96 Å². The van der Waals surface area contributed by atoms with Gasteiger partial charge < -0.3 is 88.4 Å². The van der Waals surface area contributed by atoms with Crippen LogP contribution in [0.1, 0.15) is 155 Å². The molecule has 0 aromatic heterocycles. The van der Waals surface area contributed by atoms with Crippen LogP contribution in [0.5, 0.6) is 0 Å². The number of ether oxygens (including phenoxy) is 2. The van der Waals surface area contributed by atoms with E-state index < -0.39 is 129 Å². The molecule has 0 fully saturated rings. The van der Waals surface area contributed by atoms with Gasteiger partial charge in [-0.05, 0) is 57.9 Å². The van der Waals surface area contributed by atoms with Crippen LogP contribution < -0.4 is 48.3 Å². The quantitative estimate of drug-likeness (QED) is 0.0193. The van der Waals surface area contributed by atoms with Crippen LogP contribution >= 0.6 is 0 Å². The Kier molecular flexibility index (Phi) is 44.8. The summed E-state index contributed by atoms with van der Waals surface area (Å²) < 4.78 is 10.9. The van der Waals surface area contributed by atoms with Crippen molar-refractivity contribution in [2.45, 2.75) is 185 Å². The highest BCUT2D eigenvalue weighted by atomic mass is 16.5. The second kappa shape index (κ2) is 48.7. The lowest BCUT2D eigenvalue weighted by molar-refractivity contribution is -0.142. The van der Waals surface area contributed by atoms with Gasteiger partial charge in [0.05, 0.1) is 52.7 Å². The molecule has 7 amide bonds. The Bertz CT molecular complexity index is 1950. The maximum Gasteiger partial charge on any atom is 0.317 e. The van der Waals surface area contributed by atoms with Crippen molar-refractivity contribution in [3.05, 3.63) is 0 Å². The summed E-state index contributed by atoms with van der Waals surface area (Å²) in [7, 11) is 0. The summed E-state index contributed by atoms with van der Waals surface area (Å²) in [6, 6.07) is -7.85. The molecule has 0 aliphatic carbocycles. The minimum atomic E-state index is -1.79. The minimum absolute atomic E-state index is 0.00550. The molecule has 0 heterocycles. The Morgan fingerprint density at radius 1 is 0.422 bits per heavy atom. The fourth-order valence-corrected chi connectivity index (χ4v) is 8.33. The first-order valence-corrected chi connectivity index (χ1v) is 28.7. The molecule has 0 saturated heterocycles. The molecule has 30 nitrogen and oxygen atoms in total. The van der Waals surface area contributed by atoms with Gasteiger partial charge in [0.25, 0.3) is 0 Å². The molecule has 0 radical (unpaired) electrons. The standard InChI is InChI=1S/C53H95N11O19/c1-37(67)59-38(20-18-25-58-53(54)55)49(78)61-40(23-24-45(71)72)51(80)60-39(19-16-17-28-64(33-46(73)74)34-47(75)76)50(79)63-42(36-66)52(81)62-41(35-65)48(77)57-27-30-83-32-31-82-29-26-56-43(68)21-14-12-10-8-6-4-2-3-5-7-9-11-13-15-22-44(69)70/h38-42,65-66H,2-36H2,1H3,(H,56,68)(H,57,77)(H,59,67)(H,60,80)(H,61,78)(H,62,81)(H,63,79)(H,69,70)(H,71,72)(H,73,74)(H,75,76)(H4,54,55,58)/t38-,39-,40-,41-,42-/m0/s1. The Balaban J connectivity index is 5.17. The van der Waals surface area contributed by atoms with Crippen LogP contribution in [0.2, 0.25) is 0 Å². The maximum atomic E-state index is 13.8. The van der Waals surface area contributed by atoms with E-state index in [0.29, 0.717) is 13.0 Å². The largest absolute Gasteiger partial charge is 0.481 e. The van der Waals surface area contributed by atoms with E-state index in [0.717, 1.165) is 56.8 Å². The average Bonchev–Trinajstić information content (AvgIpc) is 3.46. The van der Waals surface area contributed by atoms with E-state index in [1.165, 1.54) is 44.9 Å². The van der Waals surface area contributed by atoms with Gasteiger partial charge >= 0.3 is 23.9 Å². The normalized spacial score (nSPS) is 12.8. The first-order valence-electron chi connectivity index (χ1n) is 28.7. The molecule has 83 heavy (non-hydrogen) atoms. The van der Waals surface area contributed by atoms with Gasteiger partial charge in [0.2, 0.25) is 41.4 Å². The lowest BCUT2D eigenvalue weighted by Gasteiger charge is -2.27. The number of nitrogens with zero attached hydrogens (tertiary/aromatic N) is 1. The van der Waals surface area contributed by atoms with E-state index in [9.17, 15) is 78.3 Å². The highest BCUT2D eigenvalue weighted by molar-refractivity contribution is 5.96. The summed E-state index contributed by atoms with van der Waals surface area (Å²) in [5.74, 6) is -10.8. The zero-order valence-corrected chi connectivity index (χ0v) is 48.2. The average molecular weight is 1190 g/mol. The smallest absolute Gasteiger partial charge is 0.317 e. The first-order chi connectivity index (χ1) is 39.6. The number of guanidine groups is 1. The van der Waals surface area contributed by atoms with E-state index >= 15 is 0 Å². The number of hydrogen-bond acceptors (Lipinski definition) is 17. The van der Waals surface area contributed by atoms with Crippen molar-refractivity contribution in [3.63, 3.8) is 0 Å². The molecule has 0 aliphatic rings. The van der Waals surface area contributed by atoms with Crippen LogP contribution in [0.25, 0.3) is 0 Å². The van der Waals surface area contributed by atoms with E-state index in [4.69, 9.17) is 25.7 Å². The third-order valence-electron chi connectivity index (χ3n) is 12.7. The van der Waals surface area contributed by atoms with Crippen molar-refractivity contribution in [1.82, 2.24) is 47.4 Å². The van der Waals surface area contributed by atoms with Gasteiger partial charge in [-0.25, -0.2) is 0 Å². The van der Waals surface area contributed by atoms with E-state index in [1.54, 1.807) is 0 Å². The lowest BCUT2D eigenvalue weighted by atomic mass is 10.0. The number of amides is 7. The zero-order chi connectivity index (χ0) is 62.2. The molecule has 30 heteroatoms. The second-order valence-electron chi connectivity index (χ2n) is 20.0. The van der Waals surface area contributed by atoms with Crippen molar-refractivity contribution < 1.29 is 92.9 Å². The third kappa shape index (κ3) is 43.6. The van der Waals surface area contributed by atoms with E-state index in [1.807, 2.05) is 0 Å². The van der Waals surface area contributed by atoms with Crippen LogP contribution in [0.4, 0.5) is 0 Å². The van der Waals surface area contributed by atoms with Crippen molar-refractivity contribution in [3.8, 4) is 0 Å². The van der Waals surface area contributed by atoms with Gasteiger partial charge in [-0.15, -0.1) is 0 Å². The number of rotatable bonds is 54. The SMILES string of the molecule is CC(=O)N[C@@H](CCCNC(=N)N)C(=O)N[C@@H](CCC(=O)O)C(=O)N[C@@H](CCCCN(CC(=O)O)CC(=O)O)C(=O)N[C@@H](CO)C(=O)N[C@@H](CO)C(=O)NCCOCCOCCNC(=O)CCCCCCCCCCCCCCCCC(=O)O. The molecule has 17 N–H and O–H groups in total. The van der Waals surface area contributed by atoms with Crippen LogP contribution in [0.3, 0.4) is 0 Å². The molecule has 0 rings (SSSR count). The fourth-order valence-electron chi connectivity index (χ4n) is 8.33. The molecule has 0 bridgehead atoms. The van der Waals surface area contributed by atoms with Gasteiger partial charge in [0.1, 0.15) is 30.2 Å². The molecule has 0 saturated carbocycles. The monoisotopic (exact) mass is 1190 g/mol. The van der Waals surface area contributed by atoms with Crippen molar-refractivity contribution in [2.75, 3.05) is 78.9 Å². The van der Waals surface area contributed by atoms with Gasteiger partial charge in [-0.3, -0.25) is 63.0 Å². The number of carboxylic acid groups (broad SMARTS) is 4. The summed E-state index contributed by atoms with van der Waals surface area (Å²) in [6.45, 7) is -1.20. The number of carbonyl (C=O) groups is 11. The summed E-state index contributed by atoms with van der Waals surface area (Å²) >= 11 is 0. The summed E-state index contributed by atoms with van der Waals surface area (Å²) in [5, 5.41) is 83.5. The number of nitrogens with two attached hydrogens (primary N) is 1. The number of carboxylic acids is 4. The van der Waals surface area contributed by atoms with Crippen molar-refractivity contribution in [2.24, 2.45) is 5.73 Å². The van der Waals surface area contributed by atoms with Crippen LogP contribution in [0.15, 0.2) is 0 Å². The number of unbranched alkanes of at least 4 members (excludes halogenated alkanes) is 14. The Hall–Kier alpha value is -6.76. The van der Waals surface area contributed by atoms with E-state index in [2.05, 4.69) is 42.5 Å². The number of nitrogens with one attached hydrogen (secondary N) is 9. The molecule has 0 aliphatic heterocycles. The fraction of sp³-hybridized carbons (Fsp3) is 0.774. The number of carbonyl (C=O) groups excluding carboxylic acids is 7. The Labute approximate surface area is 485 Å². The Morgan fingerprint density at radius 2 is 0.819 bits per heavy atom. The number of aliphatic hydroxyl groups excluding tert-OH is 2. The molecule has 0 unspecified atom stereocenters. The third-order valence-corrected chi connectivity index (χ3v) is 12.7. The number of aliphatic carboxylic acids is 4. The second-order valence-corrected chi connectivity index (χ2v) is 20.0. The molecular weight excluding hydrogens is 1090 g/mol. The molecule has 476 valence electrons. The maximum absolute atomic E-state index is 13.8. The Morgan fingerprint density at radius 3 is 1.27 bits per heavy atom. The lowest BCUT2D eigenvalue weighted by Crippen LogP contribution is -2.60. The molecular formula is C53H95N11O19. The van der Waals surface area contributed by atoms with Crippen LogP contribution in [-0.4, -0.2) is 216 Å². The molecule has 5 atom stereocenters. The van der Waals surface area contributed by atoms with Crippen molar-refractivity contribution in [1.29, 1.82) is 5.41 Å². The highest BCUT2D eigenvalue weighted by Gasteiger charge is 2.32. The predicted molar refractivity (Wildman–Crippen MR) is 300 cm³/mol. The summed E-state index contributed by atoms with van der Waals surface area (Å²) in [5.41, 5.74) is 5.29.